The van der Waals surface area contributed by atoms with Crippen LogP contribution in [0, 0.1) is 11.3 Å². The van der Waals surface area contributed by atoms with Gasteiger partial charge in [0.1, 0.15) is 0 Å². The third kappa shape index (κ3) is 8.58. The van der Waals surface area contributed by atoms with Crippen LogP contribution in [-0.2, 0) is 14.7 Å². The lowest BCUT2D eigenvalue weighted by molar-refractivity contribution is 0.277. The summed E-state index contributed by atoms with van der Waals surface area (Å²) in [4.78, 5) is 0. The van der Waals surface area contributed by atoms with Gasteiger partial charge in [-0.25, -0.2) is 0 Å². The van der Waals surface area contributed by atoms with Gasteiger partial charge in [-0.1, -0.05) is 91.0 Å². The first-order valence-corrected chi connectivity index (χ1v) is 9.61. The lowest BCUT2D eigenvalue weighted by Crippen LogP contribution is -2.08. The summed E-state index contributed by atoms with van der Waals surface area (Å²) in [5, 5.41) is 7.32. The minimum atomic E-state index is -4.38. The van der Waals surface area contributed by atoms with Gasteiger partial charge in [-0.2, -0.15) is 23.9 Å². The molecule has 0 aliphatic heterocycles. The van der Waals surface area contributed by atoms with E-state index in [4.69, 9.17) is 9.81 Å². The van der Waals surface area contributed by atoms with Crippen molar-refractivity contribution in [2.75, 3.05) is 0 Å². The number of nitrogens with zero attached hydrogens (tertiary/aromatic N) is 1. The monoisotopic (exact) mass is 398 g/mol. The standard InChI is InChI=1S/C19H16.C2H3N.H3NO4S/c1-4-10-16(11-5-1)19(17-12-6-2-7-13-17)18-14-8-3-9-15-18;1-2-3;1-5-6(2,3)4/h1-15,19H;1H3;1H2,(H,2,3,4). The molecule has 0 saturated carbocycles. The molecule has 6 nitrogen and oxygen atoms in total. The van der Waals surface area contributed by atoms with Gasteiger partial charge in [0.25, 0.3) is 0 Å². The number of benzene rings is 3. The average molecular weight is 398 g/mol. The SMILES string of the molecule is CC#N.NOS(=O)(=O)O.c1ccc(C(c2ccccc2)c2ccccc2)cc1. The van der Waals surface area contributed by atoms with E-state index in [1.165, 1.54) is 23.6 Å². The average Bonchev–Trinajstić information content (AvgIpc) is 2.71. The summed E-state index contributed by atoms with van der Waals surface area (Å²) in [6, 6.07) is 33.8. The molecule has 146 valence electrons. The van der Waals surface area contributed by atoms with Gasteiger partial charge in [0.05, 0.1) is 6.07 Å². The summed E-state index contributed by atoms with van der Waals surface area (Å²) in [7, 11) is -4.38. The molecule has 0 heterocycles. The number of hydrogen-bond acceptors (Lipinski definition) is 5. The quantitative estimate of drug-likeness (QED) is 0.389. The molecule has 0 radical (unpaired) electrons. The number of hydrogen-bond donors (Lipinski definition) is 2. The molecular weight excluding hydrogens is 376 g/mol. The van der Waals surface area contributed by atoms with E-state index < -0.39 is 10.4 Å². The predicted molar refractivity (Wildman–Crippen MR) is 108 cm³/mol. The molecule has 0 aromatic heterocycles. The molecule has 3 aromatic rings. The highest BCUT2D eigenvalue weighted by atomic mass is 32.3. The molecule has 3 N–H and O–H groups in total. The van der Waals surface area contributed by atoms with Crippen LogP contribution in [0.2, 0.25) is 0 Å². The lowest BCUT2D eigenvalue weighted by atomic mass is 9.85. The summed E-state index contributed by atoms with van der Waals surface area (Å²) in [5.41, 5.74) is 4.00. The number of nitriles is 1. The maximum Gasteiger partial charge on any atom is 0.413 e. The van der Waals surface area contributed by atoms with E-state index in [-0.39, 0.29) is 0 Å². The summed E-state index contributed by atoms with van der Waals surface area (Å²) < 4.78 is 28.8. The van der Waals surface area contributed by atoms with E-state index in [0.717, 1.165) is 0 Å². The first kappa shape index (κ1) is 23.0. The predicted octanol–water partition coefficient (Wildman–Crippen LogP) is 4.08. The van der Waals surface area contributed by atoms with E-state index in [2.05, 4.69) is 101 Å². The van der Waals surface area contributed by atoms with Crippen LogP contribution in [0.25, 0.3) is 0 Å². The van der Waals surface area contributed by atoms with Crippen LogP contribution in [0.1, 0.15) is 29.5 Å². The van der Waals surface area contributed by atoms with Gasteiger partial charge in [0.2, 0.25) is 0 Å². The fourth-order valence-corrected chi connectivity index (χ4v) is 2.51. The van der Waals surface area contributed by atoms with Gasteiger partial charge in [0, 0.05) is 12.8 Å². The van der Waals surface area contributed by atoms with Gasteiger partial charge in [-0.05, 0) is 16.7 Å². The third-order valence-electron chi connectivity index (χ3n) is 3.52. The molecular formula is C21H22N2O4S. The molecule has 0 fully saturated rings. The minimum Gasteiger partial charge on any atom is -0.262 e. The van der Waals surface area contributed by atoms with Crippen molar-refractivity contribution >= 4 is 10.4 Å². The van der Waals surface area contributed by atoms with Crippen molar-refractivity contribution < 1.29 is 17.3 Å². The Morgan fingerprint density at radius 1 is 0.821 bits per heavy atom. The van der Waals surface area contributed by atoms with Crippen molar-refractivity contribution in [2.45, 2.75) is 12.8 Å². The first-order chi connectivity index (χ1) is 13.4. The molecule has 28 heavy (non-hydrogen) atoms. The number of rotatable bonds is 4. The zero-order valence-electron chi connectivity index (χ0n) is 15.3. The fourth-order valence-electron chi connectivity index (χ4n) is 2.51. The molecule has 0 spiro atoms. The second-order valence-corrected chi connectivity index (χ2v) is 6.46. The molecule has 0 saturated heterocycles. The van der Waals surface area contributed by atoms with Gasteiger partial charge in [-0.3, -0.25) is 4.55 Å². The smallest absolute Gasteiger partial charge is 0.262 e. The summed E-state index contributed by atoms with van der Waals surface area (Å²) >= 11 is 0. The Hall–Kier alpha value is -3.02. The largest absolute Gasteiger partial charge is 0.413 e. The zero-order valence-corrected chi connectivity index (χ0v) is 16.2. The van der Waals surface area contributed by atoms with Crippen molar-refractivity contribution in [1.29, 1.82) is 5.26 Å². The van der Waals surface area contributed by atoms with Crippen LogP contribution < -0.4 is 5.90 Å². The second-order valence-electron chi connectivity index (χ2n) is 5.41. The first-order valence-electron chi connectivity index (χ1n) is 8.24. The highest BCUT2D eigenvalue weighted by molar-refractivity contribution is 7.80. The maximum atomic E-state index is 9.21. The van der Waals surface area contributed by atoms with Crippen LogP contribution in [0.15, 0.2) is 91.0 Å². The summed E-state index contributed by atoms with van der Waals surface area (Å²) in [5.74, 6) is 4.28. The van der Waals surface area contributed by atoms with Crippen molar-refractivity contribution in [3.05, 3.63) is 108 Å². The molecule has 0 bridgehead atoms. The van der Waals surface area contributed by atoms with Crippen LogP contribution >= 0.6 is 0 Å². The topological polar surface area (TPSA) is 113 Å². The Balaban J connectivity index is 0.000000370. The van der Waals surface area contributed by atoms with E-state index in [1.807, 2.05) is 0 Å². The minimum absolute atomic E-state index is 0.309. The van der Waals surface area contributed by atoms with Crippen molar-refractivity contribution in [3.63, 3.8) is 0 Å². The van der Waals surface area contributed by atoms with Crippen LogP contribution in [0.4, 0.5) is 0 Å². The van der Waals surface area contributed by atoms with Crippen LogP contribution in [0.3, 0.4) is 0 Å². The van der Waals surface area contributed by atoms with Crippen molar-refractivity contribution in [2.24, 2.45) is 5.90 Å². The molecule has 7 heteroatoms. The molecule has 0 atom stereocenters. The van der Waals surface area contributed by atoms with Gasteiger partial charge in [0.15, 0.2) is 0 Å². The molecule has 3 rings (SSSR count). The van der Waals surface area contributed by atoms with Gasteiger partial charge < -0.3 is 0 Å². The lowest BCUT2D eigenvalue weighted by Gasteiger charge is -2.18. The maximum absolute atomic E-state index is 9.21. The van der Waals surface area contributed by atoms with Crippen molar-refractivity contribution in [3.8, 4) is 6.07 Å². The Morgan fingerprint density at radius 2 is 1.04 bits per heavy atom. The summed E-state index contributed by atoms with van der Waals surface area (Å²) in [6.07, 6.45) is 0. The molecule has 3 aromatic carbocycles. The fraction of sp³-hybridized carbons (Fsp3) is 0.0952. The highest BCUT2D eigenvalue weighted by Crippen LogP contribution is 2.31. The van der Waals surface area contributed by atoms with Crippen molar-refractivity contribution in [1.82, 2.24) is 0 Å². The Labute approximate surface area is 165 Å². The van der Waals surface area contributed by atoms with E-state index in [1.54, 1.807) is 6.07 Å². The normalized spacial score (nSPS) is 9.96. The highest BCUT2D eigenvalue weighted by Gasteiger charge is 2.15. The Morgan fingerprint density at radius 3 is 1.21 bits per heavy atom. The van der Waals surface area contributed by atoms with E-state index >= 15 is 0 Å². The zero-order chi connectivity index (χ0) is 20.8. The Bertz CT molecular complexity index is 848. The third-order valence-corrected chi connectivity index (χ3v) is 3.76. The van der Waals surface area contributed by atoms with Crippen LogP contribution in [0.5, 0.6) is 0 Å². The van der Waals surface area contributed by atoms with E-state index in [9.17, 15) is 8.42 Å². The van der Waals surface area contributed by atoms with Gasteiger partial charge in [-0.15, -0.1) is 0 Å². The summed E-state index contributed by atoms with van der Waals surface area (Å²) in [6.45, 7) is 1.43. The molecule has 0 aliphatic carbocycles. The second kappa shape index (κ2) is 12.4. The van der Waals surface area contributed by atoms with Gasteiger partial charge >= 0.3 is 10.4 Å². The molecule has 0 aliphatic rings. The Kier molecular flexibility index (Phi) is 10.2. The van der Waals surface area contributed by atoms with Crippen LogP contribution in [-0.4, -0.2) is 13.0 Å². The molecule has 0 amide bonds. The van der Waals surface area contributed by atoms with E-state index in [0.29, 0.717) is 5.92 Å². The number of nitrogens with two attached hydrogens (primary N) is 1. The molecule has 0 unspecified atom stereocenters.